The second-order valence-electron chi connectivity index (χ2n) is 4.20. The van der Waals surface area contributed by atoms with Gasteiger partial charge in [0.25, 0.3) is 5.91 Å². The van der Waals surface area contributed by atoms with Crippen molar-refractivity contribution in [3.05, 3.63) is 46.5 Å². The molecular weight excluding hydrogens is 278 g/mol. The third-order valence-electron chi connectivity index (χ3n) is 2.87. The predicted molar refractivity (Wildman–Crippen MR) is 72.0 cm³/mol. The number of fused-ring (bicyclic) bond motifs is 1. The average Bonchev–Trinajstić information content (AvgIpc) is 2.94. The standard InChI is InChI=1S/C14H11NO6/c1-18-13-6-19-12(5-9(13)16)14(17)15-8-2-3-10-11(4-8)21-7-20-10/h2-6H,7H2,1H3,(H,15,17). The summed E-state index contributed by atoms with van der Waals surface area (Å²) in [5.41, 5.74) is 0.0716. The van der Waals surface area contributed by atoms with Crippen molar-refractivity contribution < 1.29 is 23.4 Å². The molecule has 0 aliphatic carbocycles. The van der Waals surface area contributed by atoms with Crippen LogP contribution in [0.25, 0.3) is 0 Å². The Morgan fingerprint density at radius 3 is 2.81 bits per heavy atom. The fraction of sp³-hybridized carbons (Fsp3) is 0.143. The minimum Gasteiger partial charge on any atom is -0.490 e. The molecule has 0 spiro atoms. The van der Waals surface area contributed by atoms with Gasteiger partial charge in [-0.15, -0.1) is 0 Å². The van der Waals surface area contributed by atoms with Crippen LogP contribution in [0, 0.1) is 0 Å². The predicted octanol–water partition coefficient (Wildman–Crippen LogP) is 1.63. The van der Waals surface area contributed by atoms with Crippen molar-refractivity contribution in [2.45, 2.75) is 0 Å². The Morgan fingerprint density at radius 2 is 2.05 bits per heavy atom. The number of ether oxygens (including phenoxy) is 3. The molecule has 1 aromatic carbocycles. The van der Waals surface area contributed by atoms with E-state index >= 15 is 0 Å². The van der Waals surface area contributed by atoms with Crippen LogP contribution < -0.4 is 25.0 Å². The first-order valence-electron chi connectivity index (χ1n) is 6.05. The van der Waals surface area contributed by atoms with E-state index in [0.29, 0.717) is 17.2 Å². The molecule has 108 valence electrons. The van der Waals surface area contributed by atoms with E-state index in [1.807, 2.05) is 0 Å². The molecule has 1 aliphatic heterocycles. The quantitative estimate of drug-likeness (QED) is 0.924. The van der Waals surface area contributed by atoms with Gasteiger partial charge >= 0.3 is 0 Å². The van der Waals surface area contributed by atoms with Crippen LogP contribution in [0.3, 0.4) is 0 Å². The smallest absolute Gasteiger partial charge is 0.291 e. The summed E-state index contributed by atoms with van der Waals surface area (Å²) in [5, 5.41) is 2.60. The van der Waals surface area contributed by atoms with Crippen molar-refractivity contribution in [3.63, 3.8) is 0 Å². The van der Waals surface area contributed by atoms with Gasteiger partial charge in [-0.2, -0.15) is 0 Å². The average molecular weight is 289 g/mol. The van der Waals surface area contributed by atoms with E-state index < -0.39 is 11.3 Å². The second-order valence-corrected chi connectivity index (χ2v) is 4.20. The maximum absolute atomic E-state index is 12.0. The fourth-order valence-corrected chi connectivity index (χ4v) is 1.83. The monoisotopic (exact) mass is 289 g/mol. The van der Waals surface area contributed by atoms with Crippen LogP contribution in [0.4, 0.5) is 5.69 Å². The normalized spacial score (nSPS) is 12.0. The number of amides is 1. The van der Waals surface area contributed by atoms with Crippen molar-refractivity contribution in [1.82, 2.24) is 0 Å². The highest BCUT2D eigenvalue weighted by atomic mass is 16.7. The van der Waals surface area contributed by atoms with Gasteiger partial charge < -0.3 is 23.9 Å². The molecule has 1 amide bonds. The molecule has 7 nitrogen and oxygen atoms in total. The summed E-state index contributed by atoms with van der Waals surface area (Å²) in [6.07, 6.45) is 1.09. The maximum Gasteiger partial charge on any atom is 0.291 e. The molecule has 2 aromatic rings. The molecule has 2 heterocycles. The fourth-order valence-electron chi connectivity index (χ4n) is 1.83. The first kappa shape index (κ1) is 13.0. The van der Waals surface area contributed by atoms with Crippen LogP contribution in [-0.4, -0.2) is 19.8 Å². The minimum atomic E-state index is -0.548. The Balaban J connectivity index is 1.80. The van der Waals surface area contributed by atoms with Gasteiger partial charge in [-0.3, -0.25) is 9.59 Å². The highest BCUT2D eigenvalue weighted by Crippen LogP contribution is 2.34. The van der Waals surface area contributed by atoms with Crippen LogP contribution in [0.15, 0.2) is 39.7 Å². The van der Waals surface area contributed by atoms with Crippen LogP contribution in [0.2, 0.25) is 0 Å². The van der Waals surface area contributed by atoms with E-state index in [1.165, 1.54) is 7.11 Å². The molecule has 1 aromatic heterocycles. The number of carbonyl (C=O) groups excluding carboxylic acids is 1. The van der Waals surface area contributed by atoms with E-state index in [1.54, 1.807) is 18.2 Å². The summed E-state index contributed by atoms with van der Waals surface area (Å²) in [5.74, 6) is 0.537. The number of anilines is 1. The van der Waals surface area contributed by atoms with Gasteiger partial charge in [0.15, 0.2) is 17.3 Å². The lowest BCUT2D eigenvalue weighted by Crippen LogP contribution is -2.15. The zero-order valence-electron chi connectivity index (χ0n) is 11.0. The molecule has 1 N–H and O–H groups in total. The lowest BCUT2D eigenvalue weighted by Gasteiger charge is -2.05. The van der Waals surface area contributed by atoms with E-state index in [9.17, 15) is 9.59 Å². The Morgan fingerprint density at radius 1 is 1.24 bits per heavy atom. The van der Waals surface area contributed by atoms with Crippen molar-refractivity contribution in [2.24, 2.45) is 0 Å². The summed E-state index contributed by atoms with van der Waals surface area (Å²) in [6.45, 7) is 0.153. The highest BCUT2D eigenvalue weighted by Gasteiger charge is 2.16. The summed E-state index contributed by atoms with van der Waals surface area (Å²) in [6, 6.07) is 6.04. The third kappa shape index (κ3) is 2.53. The summed E-state index contributed by atoms with van der Waals surface area (Å²) < 4.78 is 20.2. The van der Waals surface area contributed by atoms with Crippen molar-refractivity contribution in [3.8, 4) is 17.2 Å². The van der Waals surface area contributed by atoms with Crippen LogP contribution >= 0.6 is 0 Å². The van der Waals surface area contributed by atoms with E-state index in [-0.39, 0.29) is 18.3 Å². The molecule has 3 rings (SSSR count). The summed E-state index contributed by atoms with van der Waals surface area (Å²) >= 11 is 0. The molecule has 0 bridgehead atoms. The first-order valence-corrected chi connectivity index (χ1v) is 6.05. The number of methoxy groups -OCH3 is 1. The Hall–Kier alpha value is -2.96. The summed E-state index contributed by atoms with van der Waals surface area (Å²) in [4.78, 5) is 23.6. The van der Waals surface area contributed by atoms with Crippen molar-refractivity contribution >= 4 is 11.6 Å². The lowest BCUT2D eigenvalue weighted by atomic mass is 10.2. The number of benzene rings is 1. The first-order chi connectivity index (χ1) is 10.2. The van der Waals surface area contributed by atoms with E-state index in [0.717, 1.165) is 12.3 Å². The second kappa shape index (κ2) is 5.20. The van der Waals surface area contributed by atoms with Gasteiger partial charge in [0.05, 0.1) is 7.11 Å². The lowest BCUT2D eigenvalue weighted by molar-refractivity contribution is 0.0993. The van der Waals surface area contributed by atoms with Crippen molar-refractivity contribution in [2.75, 3.05) is 19.2 Å². The summed E-state index contributed by atoms with van der Waals surface area (Å²) in [7, 11) is 1.35. The van der Waals surface area contributed by atoms with Crippen LogP contribution in [-0.2, 0) is 0 Å². The molecule has 7 heteroatoms. The van der Waals surface area contributed by atoms with Gasteiger partial charge in [-0.1, -0.05) is 0 Å². The van der Waals surface area contributed by atoms with Gasteiger partial charge in [0.2, 0.25) is 18.0 Å². The minimum absolute atomic E-state index is 0.0367. The van der Waals surface area contributed by atoms with Gasteiger partial charge in [-0.25, -0.2) is 0 Å². The molecule has 0 unspecified atom stereocenters. The number of hydrogen-bond donors (Lipinski definition) is 1. The molecule has 1 aliphatic rings. The number of hydrogen-bond acceptors (Lipinski definition) is 6. The number of carbonyl (C=O) groups is 1. The van der Waals surface area contributed by atoms with Crippen molar-refractivity contribution in [1.29, 1.82) is 0 Å². The molecule has 0 saturated carbocycles. The highest BCUT2D eigenvalue weighted by molar-refractivity contribution is 6.02. The SMILES string of the molecule is COc1coc(C(=O)Nc2ccc3c(c2)OCO3)cc1=O. The molecule has 0 fully saturated rings. The number of nitrogens with one attached hydrogen (secondary N) is 1. The zero-order chi connectivity index (χ0) is 14.8. The number of rotatable bonds is 3. The van der Waals surface area contributed by atoms with Crippen LogP contribution in [0.1, 0.15) is 10.6 Å². The zero-order valence-corrected chi connectivity index (χ0v) is 11.0. The molecule has 21 heavy (non-hydrogen) atoms. The topological polar surface area (TPSA) is 87.0 Å². The Bertz CT molecular complexity index is 751. The molecular formula is C14H11NO6. The van der Waals surface area contributed by atoms with Gasteiger partial charge in [-0.05, 0) is 12.1 Å². The van der Waals surface area contributed by atoms with Gasteiger partial charge in [0.1, 0.15) is 6.26 Å². The Labute approximate surface area is 119 Å². The van der Waals surface area contributed by atoms with E-state index in [2.05, 4.69) is 5.32 Å². The van der Waals surface area contributed by atoms with Crippen LogP contribution in [0.5, 0.6) is 17.2 Å². The molecule has 0 atom stereocenters. The maximum atomic E-state index is 12.0. The van der Waals surface area contributed by atoms with Gasteiger partial charge in [0, 0.05) is 17.8 Å². The largest absolute Gasteiger partial charge is 0.490 e. The third-order valence-corrected chi connectivity index (χ3v) is 2.87. The molecule has 0 radical (unpaired) electrons. The Kier molecular flexibility index (Phi) is 3.23. The molecule has 0 saturated heterocycles. The van der Waals surface area contributed by atoms with E-state index in [4.69, 9.17) is 18.6 Å².